The monoisotopic (exact) mass is 195 g/mol. The van der Waals surface area contributed by atoms with Crippen LogP contribution in [-0.2, 0) is 6.54 Å². The minimum atomic E-state index is 0. The molecule has 0 aliphatic rings. The Hall–Kier alpha value is -0.380. The summed E-state index contributed by atoms with van der Waals surface area (Å²) >= 11 is 0. The van der Waals surface area contributed by atoms with Crippen LogP contribution in [0.25, 0.3) is 0 Å². The molecular formula is C6H11Cl2N3. The third kappa shape index (κ3) is 4.14. The normalized spacial score (nSPS) is 7.82. The van der Waals surface area contributed by atoms with Crippen LogP contribution in [0.1, 0.15) is 11.4 Å². The van der Waals surface area contributed by atoms with Gasteiger partial charge in [0.1, 0.15) is 5.82 Å². The van der Waals surface area contributed by atoms with E-state index >= 15 is 0 Å². The molecule has 3 nitrogen and oxygen atoms in total. The molecule has 1 heterocycles. The molecule has 5 heteroatoms. The van der Waals surface area contributed by atoms with Crippen molar-refractivity contribution in [1.82, 2.24) is 9.97 Å². The Bertz CT molecular complexity index is 188. The molecule has 0 saturated heterocycles. The average molecular weight is 196 g/mol. The van der Waals surface area contributed by atoms with Crippen molar-refractivity contribution < 1.29 is 0 Å². The highest BCUT2D eigenvalue weighted by molar-refractivity contribution is 5.85. The predicted octanol–water partition coefficient (Wildman–Crippen LogP) is 1.09. The lowest BCUT2D eigenvalue weighted by atomic mass is 10.4. The third-order valence-corrected chi connectivity index (χ3v) is 1.02. The number of aromatic nitrogens is 2. The summed E-state index contributed by atoms with van der Waals surface area (Å²) in [7, 11) is 0. The molecule has 0 aromatic carbocycles. The van der Waals surface area contributed by atoms with Gasteiger partial charge in [-0.3, -0.25) is 0 Å². The first kappa shape index (κ1) is 13.2. The molecule has 1 rings (SSSR count). The van der Waals surface area contributed by atoms with Crippen molar-refractivity contribution in [2.45, 2.75) is 13.5 Å². The van der Waals surface area contributed by atoms with Crippen LogP contribution in [0, 0.1) is 6.92 Å². The molecule has 2 N–H and O–H groups in total. The maximum atomic E-state index is 5.27. The van der Waals surface area contributed by atoms with Crippen LogP contribution < -0.4 is 5.73 Å². The predicted molar refractivity (Wildman–Crippen MR) is 49.2 cm³/mol. The van der Waals surface area contributed by atoms with E-state index in [1.54, 1.807) is 12.4 Å². The molecule has 64 valence electrons. The standard InChI is InChI=1S/C6H9N3.2ClH/c1-5-3-8-6(2-7)9-4-5;;/h3-4H,2,7H2,1H3;2*1H. The Morgan fingerprint density at radius 3 is 2.09 bits per heavy atom. The maximum Gasteiger partial charge on any atom is 0.141 e. The van der Waals surface area contributed by atoms with Gasteiger partial charge in [0.05, 0.1) is 6.54 Å². The van der Waals surface area contributed by atoms with E-state index in [0.29, 0.717) is 12.4 Å². The van der Waals surface area contributed by atoms with Crippen LogP contribution >= 0.6 is 24.8 Å². The van der Waals surface area contributed by atoms with Crippen molar-refractivity contribution in [3.63, 3.8) is 0 Å². The van der Waals surface area contributed by atoms with Gasteiger partial charge in [0, 0.05) is 12.4 Å². The number of halogens is 2. The molecule has 0 spiro atoms. The van der Waals surface area contributed by atoms with Crippen LogP contribution in [-0.4, -0.2) is 9.97 Å². The Balaban J connectivity index is 0. The SMILES string of the molecule is Cc1cnc(CN)nc1.Cl.Cl. The zero-order chi connectivity index (χ0) is 6.69. The largest absolute Gasteiger partial charge is 0.324 e. The average Bonchev–Trinajstić information content (AvgIpc) is 1.90. The van der Waals surface area contributed by atoms with E-state index < -0.39 is 0 Å². The number of aryl methyl sites for hydroxylation is 1. The lowest BCUT2D eigenvalue weighted by Gasteiger charge is -1.92. The van der Waals surface area contributed by atoms with Gasteiger partial charge < -0.3 is 5.73 Å². The lowest BCUT2D eigenvalue weighted by Crippen LogP contribution is -2.01. The summed E-state index contributed by atoms with van der Waals surface area (Å²) in [4.78, 5) is 7.92. The van der Waals surface area contributed by atoms with E-state index in [1.807, 2.05) is 6.92 Å². The molecule has 0 aliphatic heterocycles. The van der Waals surface area contributed by atoms with E-state index in [2.05, 4.69) is 9.97 Å². The second-order valence-electron chi connectivity index (χ2n) is 1.88. The Morgan fingerprint density at radius 1 is 1.27 bits per heavy atom. The van der Waals surface area contributed by atoms with Gasteiger partial charge in [-0.1, -0.05) is 0 Å². The van der Waals surface area contributed by atoms with Crippen LogP contribution in [0.15, 0.2) is 12.4 Å². The first-order chi connectivity index (χ1) is 4.33. The first-order valence-electron chi connectivity index (χ1n) is 2.80. The second-order valence-corrected chi connectivity index (χ2v) is 1.88. The quantitative estimate of drug-likeness (QED) is 0.731. The van der Waals surface area contributed by atoms with Gasteiger partial charge in [-0.2, -0.15) is 0 Å². The summed E-state index contributed by atoms with van der Waals surface area (Å²) in [5.74, 6) is 0.695. The van der Waals surface area contributed by atoms with Gasteiger partial charge in [0.15, 0.2) is 0 Å². The lowest BCUT2D eigenvalue weighted by molar-refractivity contribution is 0.901. The maximum absolute atomic E-state index is 5.27. The first-order valence-corrected chi connectivity index (χ1v) is 2.80. The van der Waals surface area contributed by atoms with Crippen LogP contribution in [0.4, 0.5) is 0 Å². The fraction of sp³-hybridized carbons (Fsp3) is 0.333. The molecule has 0 saturated carbocycles. The number of nitrogens with zero attached hydrogens (tertiary/aromatic N) is 2. The Morgan fingerprint density at radius 2 is 1.73 bits per heavy atom. The molecule has 1 aromatic heterocycles. The van der Waals surface area contributed by atoms with Gasteiger partial charge in [-0.25, -0.2) is 9.97 Å². The molecule has 0 radical (unpaired) electrons. The van der Waals surface area contributed by atoms with E-state index in [0.717, 1.165) is 5.56 Å². The van der Waals surface area contributed by atoms with Gasteiger partial charge in [0.2, 0.25) is 0 Å². The number of nitrogens with two attached hydrogens (primary N) is 1. The van der Waals surface area contributed by atoms with Gasteiger partial charge in [-0.15, -0.1) is 24.8 Å². The highest BCUT2D eigenvalue weighted by atomic mass is 35.5. The molecule has 11 heavy (non-hydrogen) atoms. The molecule has 0 fully saturated rings. The molecule has 0 bridgehead atoms. The molecule has 0 amide bonds. The minimum absolute atomic E-state index is 0. The van der Waals surface area contributed by atoms with Crippen molar-refractivity contribution in [2.24, 2.45) is 5.73 Å². The summed E-state index contributed by atoms with van der Waals surface area (Å²) < 4.78 is 0. The topological polar surface area (TPSA) is 51.8 Å². The number of rotatable bonds is 1. The third-order valence-electron chi connectivity index (χ3n) is 1.02. The fourth-order valence-corrected chi connectivity index (χ4v) is 0.525. The van der Waals surface area contributed by atoms with Crippen LogP contribution in [0.3, 0.4) is 0 Å². The van der Waals surface area contributed by atoms with Crippen molar-refractivity contribution in [3.8, 4) is 0 Å². The van der Waals surface area contributed by atoms with Gasteiger partial charge >= 0.3 is 0 Å². The Labute approximate surface area is 78.2 Å². The summed E-state index contributed by atoms with van der Waals surface area (Å²) in [5, 5.41) is 0. The van der Waals surface area contributed by atoms with Crippen molar-refractivity contribution in [1.29, 1.82) is 0 Å². The smallest absolute Gasteiger partial charge is 0.141 e. The van der Waals surface area contributed by atoms with E-state index in [-0.39, 0.29) is 24.8 Å². The van der Waals surface area contributed by atoms with Crippen LogP contribution in [0.5, 0.6) is 0 Å². The summed E-state index contributed by atoms with van der Waals surface area (Å²) in [5.41, 5.74) is 6.34. The number of hydrogen-bond acceptors (Lipinski definition) is 3. The molecule has 1 aromatic rings. The second kappa shape index (κ2) is 6.34. The summed E-state index contributed by atoms with van der Waals surface area (Å²) in [6.07, 6.45) is 3.52. The van der Waals surface area contributed by atoms with Crippen molar-refractivity contribution >= 4 is 24.8 Å². The molecule has 0 unspecified atom stereocenters. The van der Waals surface area contributed by atoms with Crippen molar-refractivity contribution in [3.05, 3.63) is 23.8 Å². The fourth-order valence-electron chi connectivity index (χ4n) is 0.525. The van der Waals surface area contributed by atoms with Crippen LogP contribution in [0.2, 0.25) is 0 Å². The summed E-state index contributed by atoms with van der Waals surface area (Å²) in [6, 6.07) is 0. The molecular weight excluding hydrogens is 185 g/mol. The van der Waals surface area contributed by atoms with Gasteiger partial charge in [0.25, 0.3) is 0 Å². The molecule has 0 atom stereocenters. The van der Waals surface area contributed by atoms with Gasteiger partial charge in [-0.05, 0) is 12.5 Å². The van der Waals surface area contributed by atoms with E-state index in [1.165, 1.54) is 0 Å². The summed E-state index contributed by atoms with van der Waals surface area (Å²) in [6.45, 7) is 2.36. The van der Waals surface area contributed by atoms with Crippen molar-refractivity contribution in [2.75, 3.05) is 0 Å². The van der Waals surface area contributed by atoms with E-state index in [9.17, 15) is 0 Å². The molecule has 0 aliphatic carbocycles. The highest BCUT2D eigenvalue weighted by Gasteiger charge is 1.88. The Kier molecular flexibility index (Phi) is 7.62. The highest BCUT2D eigenvalue weighted by Crippen LogP contribution is 1.90. The zero-order valence-electron chi connectivity index (χ0n) is 6.15. The number of hydrogen-bond donors (Lipinski definition) is 1. The zero-order valence-corrected chi connectivity index (χ0v) is 7.78. The van der Waals surface area contributed by atoms with E-state index in [4.69, 9.17) is 5.73 Å². The minimum Gasteiger partial charge on any atom is -0.324 e.